The second-order valence-electron chi connectivity index (χ2n) is 5.68. The van der Waals surface area contributed by atoms with Gasteiger partial charge in [-0.2, -0.15) is 0 Å². The normalized spacial score (nSPS) is 14.8. The van der Waals surface area contributed by atoms with E-state index < -0.39 is 0 Å². The number of furan rings is 1. The van der Waals surface area contributed by atoms with E-state index in [9.17, 15) is 4.79 Å². The van der Waals surface area contributed by atoms with E-state index >= 15 is 0 Å². The second kappa shape index (κ2) is 6.83. The highest BCUT2D eigenvalue weighted by atomic mass is 16.5. The molecule has 2 aromatic rings. The lowest BCUT2D eigenvalue weighted by Crippen LogP contribution is -2.36. The van der Waals surface area contributed by atoms with Gasteiger partial charge in [0.05, 0.1) is 25.3 Å². The minimum atomic E-state index is -0.0694. The Hall–Kier alpha value is -2.34. The Morgan fingerprint density at radius 1 is 1.26 bits per heavy atom. The minimum Gasteiger partial charge on any atom is -0.464 e. The van der Waals surface area contributed by atoms with Gasteiger partial charge in [0.1, 0.15) is 17.3 Å². The SMILES string of the molecule is Cc1ccc(CN(C)C(=O)c2ccc(N3CCOCC3)nc2)o1. The maximum absolute atomic E-state index is 12.5. The fraction of sp³-hybridized carbons (Fsp3) is 0.412. The van der Waals surface area contributed by atoms with Crippen LogP contribution < -0.4 is 4.90 Å². The summed E-state index contributed by atoms with van der Waals surface area (Å²) in [5.41, 5.74) is 0.577. The molecule has 0 saturated carbocycles. The molecule has 0 unspecified atom stereocenters. The van der Waals surface area contributed by atoms with E-state index in [2.05, 4.69) is 9.88 Å². The number of aromatic nitrogens is 1. The van der Waals surface area contributed by atoms with Crippen LogP contribution in [0.15, 0.2) is 34.9 Å². The largest absolute Gasteiger partial charge is 0.464 e. The summed E-state index contributed by atoms with van der Waals surface area (Å²) in [5.74, 6) is 2.43. The molecule has 1 saturated heterocycles. The average Bonchev–Trinajstić information content (AvgIpc) is 3.00. The lowest BCUT2D eigenvalue weighted by Gasteiger charge is -2.27. The molecule has 0 aromatic carbocycles. The van der Waals surface area contributed by atoms with E-state index in [4.69, 9.17) is 9.15 Å². The maximum atomic E-state index is 12.5. The van der Waals surface area contributed by atoms with Gasteiger partial charge in [-0.25, -0.2) is 4.98 Å². The van der Waals surface area contributed by atoms with E-state index in [-0.39, 0.29) is 5.91 Å². The number of aryl methyl sites for hydroxylation is 1. The number of ether oxygens (including phenoxy) is 1. The van der Waals surface area contributed by atoms with Crippen LogP contribution in [0, 0.1) is 6.92 Å². The molecule has 122 valence electrons. The van der Waals surface area contributed by atoms with Crippen molar-refractivity contribution in [3.8, 4) is 0 Å². The van der Waals surface area contributed by atoms with Crippen molar-refractivity contribution in [1.29, 1.82) is 0 Å². The van der Waals surface area contributed by atoms with E-state index in [0.29, 0.717) is 25.3 Å². The van der Waals surface area contributed by atoms with Gasteiger partial charge in [0.2, 0.25) is 0 Å². The van der Waals surface area contributed by atoms with Crippen LogP contribution in [0.5, 0.6) is 0 Å². The number of carbonyl (C=O) groups excluding carboxylic acids is 1. The Kier molecular flexibility index (Phi) is 4.62. The van der Waals surface area contributed by atoms with Gasteiger partial charge < -0.3 is 19.0 Å². The van der Waals surface area contributed by atoms with E-state index in [0.717, 1.165) is 30.4 Å². The minimum absolute atomic E-state index is 0.0694. The van der Waals surface area contributed by atoms with Crippen LogP contribution in [0.2, 0.25) is 0 Å². The van der Waals surface area contributed by atoms with Crippen molar-refractivity contribution in [3.05, 3.63) is 47.5 Å². The summed E-state index contributed by atoms with van der Waals surface area (Å²) < 4.78 is 10.8. The van der Waals surface area contributed by atoms with Gasteiger partial charge in [-0.15, -0.1) is 0 Å². The third kappa shape index (κ3) is 3.71. The summed E-state index contributed by atoms with van der Waals surface area (Å²) in [6.07, 6.45) is 1.64. The Bertz CT molecular complexity index is 660. The molecule has 0 aliphatic carbocycles. The fourth-order valence-electron chi connectivity index (χ4n) is 2.59. The van der Waals surface area contributed by atoms with Crippen molar-refractivity contribution in [2.24, 2.45) is 0 Å². The van der Waals surface area contributed by atoms with Gasteiger partial charge in [-0.1, -0.05) is 0 Å². The first-order chi connectivity index (χ1) is 11.1. The molecule has 3 heterocycles. The number of rotatable bonds is 4. The summed E-state index contributed by atoms with van der Waals surface area (Å²) in [7, 11) is 1.76. The van der Waals surface area contributed by atoms with Crippen LogP contribution in [-0.2, 0) is 11.3 Å². The van der Waals surface area contributed by atoms with E-state index in [1.54, 1.807) is 18.1 Å². The van der Waals surface area contributed by atoms with Crippen molar-refractivity contribution < 1.29 is 13.9 Å². The van der Waals surface area contributed by atoms with Crippen molar-refractivity contribution in [1.82, 2.24) is 9.88 Å². The highest BCUT2D eigenvalue weighted by molar-refractivity contribution is 5.93. The summed E-state index contributed by atoms with van der Waals surface area (Å²) in [4.78, 5) is 20.7. The zero-order valence-electron chi connectivity index (χ0n) is 13.5. The standard InChI is InChI=1S/C17H21N3O3/c1-13-3-5-15(23-13)12-19(2)17(21)14-4-6-16(18-11-14)20-7-9-22-10-8-20/h3-6,11H,7-10,12H2,1-2H3. The van der Waals surface area contributed by atoms with E-state index in [1.165, 1.54) is 0 Å². The summed E-state index contributed by atoms with van der Waals surface area (Å²) in [6, 6.07) is 7.50. The molecule has 3 rings (SSSR count). The maximum Gasteiger partial charge on any atom is 0.255 e. The highest BCUT2D eigenvalue weighted by Crippen LogP contribution is 2.15. The van der Waals surface area contributed by atoms with Crippen molar-refractivity contribution in [2.45, 2.75) is 13.5 Å². The predicted molar refractivity (Wildman–Crippen MR) is 86.5 cm³/mol. The van der Waals surface area contributed by atoms with Gasteiger partial charge in [-0.3, -0.25) is 4.79 Å². The first-order valence-electron chi connectivity index (χ1n) is 7.73. The molecule has 1 aliphatic rings. The molecule has 0 atom stereocenters. The molecule has 0 radical (unpaired) electrons. The molecular weight excluding hydrogens is 294 g/mol. The van der Waals surface area contributed by atoms with Crippen molar-refractivity contribution in [2.75, 3.05) is 38.3 Å². The molecule has 2 aromatic heterocycles. The topological polar surface area (TPSA) is 58.8 Å². The highest BCUT2D eigenvalue weighted by Gasteiger charge is 2.16. The van der Waals surface area contributed by atoms with Crippen molar-refractivity contribution >= 4 is 11.7 Å². The Balaban J connectivity index is 1.64. The first kappa shape index (κ1) is 15.6. The quantitative estimate of drug-likeness (QED) is 0.864. The fourth-order valence-corrected chi connectivity index (χ4v) is 2.59. The molecule has 6 heteroatoms. The summed E-state index contributed by atoms with van der Waals surface area (Å²) in [6.45, 7) is 5.43. The average molecular weight is 315 g/mol. The lowest BCUT2D eigenvalue weighted by atomic mass is 10.2. The zero-order valence-corrected chi connectivity index (χ0v) is 13.5. The van der Waals surface area contributed by atoms with Crippen LogP contribution in [0.4, 0.5) is 5.82 Å². The van der Waals surface area contributed by atoms with E-state index in [1.807, 2.05) is 31.2 Å². The molecule has 6 nitrogen and oxygen atoms in total. The third-order valence-electron chi connectivity index (χ3n) is 3.87. The Labute approximate surface area is 135 Å². The van der Waals surface area contributed by atoms with Gasteiger partial charge in [-0.05, 0) is 31.2 Å². The lowest BCUT2D eigenvalue weighted by molar-refractivity contribution is 0.0774. The first-order valence-corrected chi connectivity index (χ1v) is 7.73. The number of anilines is 1. The molecule has 1 fully saturated rings. The summed E-state index contributed by atoms with van der Waals surface area (Å²) in [5, 5.41) is 0. The number of nitrogens with zero attached hydrogens (tertiary/aromatic N) is 3. The van der Waals surface area contributed by atoms with Crippen LogP contribution >= 0.6 is 0 Å². The number of amides is 1. The van der Waals surface area contributed by atoms with Gasteiger partial charge in [0.15, 0.2) is 0 Å². The van der Waals surface area contributed by atoms with Crippen LogP contribution in [0.3, 0.4) is 0 Å². The molecule has 0 spiro atoms. The molecule has 0 N–H and O–H groups in total. The number of hydrogen-bond donors (Lipinski definition) is 0. The predicted octanol–water partition coefficient (Wildman–Crippen LogP) is 2.09. The van der Waals surface area contributed by atoms with Gasteiger partial charge in [0.25, 0.3) is 5.91 Å². The molecular formula is C17H21N3O3. The van der Waals surface area contributed by atoms with Crippen molar-refractivity contribution in [3.63, 3.8) is 0 Å². The Morgan fingerprint density at radius 2 is 2.04 bits per heavy atom. The second-order valence-corrected chi connectivity index (χ2v) is 5.68. The van der Waals surface area contributed by atoms with Gasteiger partial charge >= 0.3 is 0 Å². The summed E-state index contributed by atoms with van der Waals surface area (Å²) >= 11 is 0. The van der Waals surface area contributed by atoms with Gasteiger partial charge in [0, 0.05) is 26.3 Å². The van der Waals surface area contributed by atoms with Crippen LogP contribution in [-0.4, -0.2) is 49.1 Å². The molecule has 1 amide bonds. The molecule has 23 heavy (non-hydrogen) atoms. The third-order valence-corrected chi connectivity index (χ3v) is 3.87. The molecule has 1 aliphatic heterocycles. The monoisotopic (exact) mass is 315 g/mol. The number of hydrogen-bond acceptors (Lipinski definition) is 5. The Morgan fingerprint density at radius 3 is 2.65 bits per heavy atom. The molecule has 0 bridgehead atoms. The number of pyridine rings is 1. The van der Waals surface area contributed by atoms with Crippen LogP contribution in [0.25, 0.3) is 0 Å². The zero-order chi connectivity index (χ0) is 16.2. The smallest absolute Gasteiger partial charge is 0.255 e. The number of carbonyl (C=O) groups is 1. The van der Waals surface area contributed by atoms with Crippen LogP contribution in [0.1, 0.15) is 21.9 Å². The number of morpholine rings is 1.